The van der Waals surface area contributed by atoms with Gasteiger partial charge >= 0.3 is 0 Å². The van der Waals surface area contributed by atoms with Gasteiger partial charge in [-0.05, 0) is 42.0 Å². The van der Waals surface area contributed by atoms with Gasteiger partial charge in [-0.15, -0.1) is 6.58 Å². The number of piperazine rings is 1. The van der Waals surface area contributed by atoms with Crippen LogP contribution in [0.3, 0.4) is 0 Å². The number of aromatic amines is 1. The number of aromatic nitrogens is 1. The number of benzene rings is 1. The molecule has 2 heterocycles. The highest BCUT2D eigenvalue weighted by molar-refractivity contribution is 5.80. The normalized spacial score (nSPS) is 18.2. The molecule has 0 unspecified atom stereocenters. The van der Waals surface area contributed by atoms with Crippen LogP contribution in [0.25, 0.3) is 10.9 Å². The summed E-state index contributed by atoms with van der Waals surface area (Å²) in [4.78, 5) is 5.87. The number of fused-ring (bicyclic) bond motifs is 1. The van der Waals surface area contributed by atoms with Crippen molar-refractivity contribution in [2.75, 3.05) is 26.2 Å². The topological polar surface area (TPSA) is 31.1 Å². The van der Waals surface area contributed by atoms with Crippen molar-refractivity contribution in [3.05, 3.63) is 48.7 Å². The molecule has 1 aliphatic rings. The van der Waals surface area contributed by atoms with E-state index in [1.54, 1.807) is 0 Å². The summed E-state index contributed by atoms with van der Waals surface area (Å²) in [6, 6.07) is 9.47. The first kappa shape index (κ1) is 13.4. The van der Waals surface area contributed by atoms with Gasteiger partial charge in [-0.2, -0.15) is 0 Å². The summed E-state index contributed by atoms with van der Waals surface area (Å²) in [6.45, 7) is 8.33. The van der Waals surface area contributed by atoms with E-state index in [-0.39, 0.29) is 0 Å². The molecule has 2 aromatic rings. The average molecular weight is 269 g/mol. The zero-order valence-corrected chi connectivity index (χ0v) is 11.9. The molecule has 1 saturated heterocycles. The van der Waals surface area contributed by atoms with Crippen molar-refractivity contribution >= 4 is 10.9 Å². The molecule has 0 aliphatic carbocycles. The van der Waals surface area contributed by atoms with Gasteiger partial charge in [0, 0.05) is 43.9 Å². The predicted octanol–water partition coefficient (Wildman–Crippen LogP) is 3.08. The Morgan fingerprint density at radius 3 is 2.90 bits per heavy atom. The number of nitrogens with zero attached hydrogens (tertiary/aromatic N) is 1. The van der Waals surface area contributed by atoms with Gasteiger partial charge < -0.3 is 10.3 Å². The molecule has 1 atom stereocenters. The summed E-state index contributed by atoms with van der Waals surface area (Å²) in [7, 11) is 0. The second-order valence-corrected chi connectivity index (χ2v) is 5.49. The minimum atomic E-state index is 0.509. The van der Waals surface area contributed by atoms with Gasteiger partial charge in [-0.3, -0.25) is 4.90 Å². The summed E-state index contributed by atoms with van der Waals surface area (Å²) in [6.07, 6.45) is 6.27. The number of rotatable bonds is 5. The number of allylic oxidation sites excluding steroid dienone is 1. The van der Waals surface area contributed by atoms with Gasteiger partial charge in [0.25, 0.3) is 0 Å². The predicted molar refractivity (Wildman–Crippen MR) is 84.9 cm³/mol. The van der Waals surface area contributed by atoms with E-state index >= 15 is 0 Å². The van der Waals surface area contributed by atoms with Crippen LogP contribution in [-0.2, 0) is 0 Å². The molecule has 2 N–H and O–H groups in total. The van der Waals surface area contributed by atoms with E-state index in [4.69, 9.17) is 0 Å². The van der Waals surface area contributed by atoms with Crippen LogP contribution >= 0.6 is 0 Å². The lowest BCUT2D eigenvalue weighted by Crippen LogP contribution is -2.45. The second-order valence-electron chi connectivity index (χ2n) is 5.49. The van der Waals surface area contributed by atoms with E-state index in [1.165, 1.54) is 16.5 Å². The van der Waals surface area contributed by atoms with Gasteiger partial charge in [0.15, 0.2) is 0 Å². The van der Waals surface area contributed by atoms with Crippen molar-refractivity contribution < 1.29 is 0 Å². The molecule has 0 spiro atoms. The van der Waals surface area contributed by atoms with Crippen LogP contribution in [0.5, 0.6) is 0 Å². The molecule has 20 heavy (non-hydrogen) atoms. The zero-order valence-electron chi connectivity index (χ0n) is 11.9. The Balaban J connectivity index is 1.87. The maximum absolute atomic E-state index is 3.88. The molecule has 0 saturated carbocycles. The van der Waals surface area contributed by atoms with Crippen molar-refractivity contribution in [2.24, 2.45) is 0 Å². The van der Waals surface area contributed by atoms with Crippen molar-refractivity contribution in [2.45, 2.75) is 18.9 Å². The molecule has 0 radical (unpaired) electrons. The van der Waals surface area contributed by atoms with Crippen LogP contribution in [0, 0.1) is 0 Å². The number of hydrogen-bond donors (Lipinski definition) is 2. The zero-order chi connectivity index (χ0) is 13.8. The highest BCUT2D eigenvalue weighted by Crippen LogP contribution is 2.28. The first-order valence-corrected chi connectivity index (χ1v) is 7.51. The van der Waals surface area contributed by atoms with Crippen LogP contribution in [-0.4, -0.2) is 36.1 Å². The van der Waals surface area contributed by atoms with E-state index in [1.807, 2.05) is 12.3 Å². The lowest BCUT2D eigenvalue weighted by Gasteiger charge is -2.35. The summed E-state index contributed by atoms with van der Waals surface area (Å²) >= 11 is 0. The van der Waals surface area contributed by atoms with E-state index < -0.39 is 0 Å². The Bertz CT molecular complexity index is 566. The van der Waals surface area contributed by atoms with Gasteiger partial charge in [-0.25, -0.2) is 0 Å². The molecule has 0 bridgehead atoms. The Labute approximate surface area is 120 Å². The van der Waals surface area contributed by atoms with Gasteiger partial charge in [0.1, 0.15) is 0 Å². The van der Waals surface area contributed by atoms with Crippen molar-refractivity contribution in [1.29, 1.82) is 0 Å². The number of nitrogens with one attached hydrogen (secondary N) is 2. The highest BCUT2D eigenvalue weighted by atomic mass is 15.2. The van der Waals surface area contributed by atoms with Crippen molar-refractivity contribution in [3.8, 4) is 0 Å². The van der Waals surface area contributed by atoms with Gasteiger partial charge in [0.2, 0.25) is 0 Å². The third-order valence-electron chi connectivity index (χ3n) is 4.20. The Morgan fingerprint density at radius 2 is 2.10 bits per heavy atom. The second kappa shape index (κ2) is 6.25. The maximum Gasteiger partial charge on any atom is 0.0454 e. The van der Waals surface area contributed by atoms with Crippen molar-refractivity contribution in [1.82, 2.24) is 15.2 Å². The molecule has 1 aliphatic heterocycles. The lowest BCUT2D eigenvalue weighted by molar-refractivity contribution is 0.166. The Hall–Kier alpha value is -1.58. The average Bonchev–Trinajstić information content (AvgIpc) is 2.96. The molecular weight excluding hydrogens is 246 g/mol. The van der Waals surface area contributed by atoms with Crippen LogP contribution < -0.4 is 5.32 Å². The van der Waals surface area contributed by atoms with Crippen LogP contribution in [0.2, 0.25) is 0 Å². The van der Waals surface area contributed by atoms with E-state index in [2.05, 4.69) is 46.0 Å². The first-order chi connectivity index (χ1) is 9.88. The molecule has 3 rings (SSSR count). The summed E-state index contributed by atoms with van der Waals surface area (Å²) in [5, 5.41) is 4.74. The van der Waals surface area contributed by atoms with Crippen LogP contribution in [0.1, 0.15) is 24.4 Å². The fourth-order valence-electron chi connectivity index (χ4n) is 3.11. The third-order valence-corrected chi connectivity index (χ3v) is 4.20. The quantitative estimate of drug-likeness (QED) is 0.817. The fourth-order valence-corrected chi connectivity index (χ4v) is 3.11. The largest absolute Gasteiger partial charge is 0.361 e. The maximum atomic E-state index is 3.88. The number of hydrogen-bond acceptors (Lipinski definition) is 2. The standard InChI is InChI=1S/C17H23N3/c1-2-3-4-17(20-11-9-18-10-12-20)15-5-6-16-14(13-15)7-8-19-16/h2,5-8,13,17-19H,1,3-4,9-12H2/t17-/m0/s1. The third kappa shape index (κ3) is 2.79. The SMILES string of the molecule is C=CCC[C@@H](c1ccc2[nH]ccc2c1)N1CCNCC1. The first-order valence-electron chi connectivity index (χ1n) is 7.51. The molecule has 1 aromatic carbocycles. The molecular formula is C17H23N3. The molecule has 1 aromatic heterocycles. The van der Waals surface area contributed by atoms with E-state index in [0.29, 0.717) is 6.04 Å². The van der Waals surface area contributed by atoms with Crippen LogP contribution in [0.4, 0.5) is 0 Å². The fraction of sp³-hybridized carbons (Fsp3) is 0.412. The van der Waals surface area contributed by atoms with E-state index in [0.717, 1.165) is 39.0 Å². The van der Waals surface area contributed by atoms with Crippen LogP contribution in [0.15, 0.2) is 43.1 Å². The molecule has 106 valence electrons. The summed E-state index contributed by atoms with van der Waals surface area (Å²) < 4.78 is 0. The smallest absolute Gasteiger partial charge is 0.0454 e. The monoisotopic (exact) mass is 269 g/mol. The Morgan fingerprint density at radius 1 is 1.25 bits per heavy atom. The summed E-state index contributed by atoms with van der Waals surface area (Å²) in [5.74, 6) is 0. The minimum absolute atomic E-state index is 0.509. The van der Waals surface area contributed by atoms with Gasteiger partial charge in [-0.1, -0.05) is 12.1 Å². The molecule has 0 amide bonds. The van der Waals surface area contributed by atoms with Crippen molar-refractivity contribution in [3.63, 3.8) is 0 Å². The van der Waals surface area contributed by atoms with E-state index in [9.17, 15) is 0 Å². The highest BCUT2D eigenvalue weighted by Gasteiger charge is 2.21. The minimum Gasteiger partial charge on any atom is -0.361 e. The Kier molecular flexibility index (Phi) is 4.19. The summed E-state index contributed by atoms with van der Waals surface area (Å²) in [5.41, 5.74) is 2.65. The molecule has 1 fully saturated rings. The van der Waals surface area contributed by atoms with Gasteiger partial charge in [0.05, 0.1) is 0 Å². The number of H-pyrrole nitrogens is 1. The molecule has 3 nitrogen and oxygen atoms in total. The molecule has 3 heteroatoms. The lowest BCUT2D eigenvalue weighted by atomic mass is 9.98.